The highest BCUT2D eigenvalue weighted by Crippen LogP contribution is 2.38. The molecule has 1 rings (SSSR count). The molecule has 0 aromatic rings. The summed E-state index contributed by atoms with van der Waals surface area (Å²) in [5, 5.41) is 0. The van der Waals surface area contributed by atoms with Gasteiger partial charge in [0.25, 0.3) is 0 Å². The predicted molar refractivity (Wildman–Crippen MR) is 75.1 cm³/mol. The lowest BCUT2D eigenvalue weighted by Crippen LogP contribution is -2.28. The van der Waals surface area contributed by atoms with E-state index in [2.05, 4.69) is 13.8 Å². The Balaban J connectivity index is 0. The smallest absolute Gasteiger partial charge is 0.312 e. The summed E-state index contributed by atoms with van der Waals surface area (Å²) in [6.45, 7) is 14.1. The van der Waals surface area contributed by atoms with Crippen molar-refractivity contribution < 1.29 is 9.53 Å². The number of ether oxygens (including phenoxy) is 1. The van der Waals surface area contributed by atoms with Gasteiger partial charge in [-0.1, -0.05) is 47.0 Å². The molecule has 2 nitrogen and oxygen atoms in total. The fourth-order valence-electron chi connectivity index (χ4n) is 1.72. The van der Waals surface area contributed by atoms with Gasteiger partial charge in [0.1, 0.15) is 0 Å². The predicted octanol–water partition coefficient (Wildman–Crippen LogP) is 4.96. The molecule has 0 amide bonds. The zero-order valence-corrected chi connectivity index (χ0v) is 12.9. The fourth-order valence-corrected chi connectivity index (χ4v) is 1.72. The normalized spacial score (nSPS) is 16.5. The van der Waals surface area contributed by atoms with Gasteiger partial charge in [-0.3, -0.25) is 4.79 Å². The molecule has 0 atom stereocenters. The minimum atomic E-state index is -0.176. The molecule has 0 saturated heterocycles. The molecule has 0 heterocycles. The minimum Gasteiger partial charge on any atom is -0.463 e. The second-order valence-corrected chi connectivity index (χ2v) is 4.93. The van der Waals surface area contributed by atoms with E-state index in [0.29, 0.717) is 0 Å². The quantitative estimate of drug-likeness (QED) is 0.642. The number of carbonyl (C=O) groups excluding carboxylic acids is 1. The van der Waals surface area contributed by atoms with Gasteiger partial charge in [0.2, 0.25) is 0 Å². The average Bonchev–Trinajstić information content (AvgIpc) is 2.70. The third kappa shape index (κ3) is 8.23. The van der Waals surface area contributed by atoms with E-state index in [4.69, 9.17) is 4.74 Å². The molecule has 1 fully saturated rings. The Kier molecular flexibility index (Phi) is 11.8. The summed E-state index contributed by atoms with van der Waals surface area (Å²) in [6, 6.07) is 0. The minimum absolute atomic E-state index is 0.00463. The summed E-state index contributed by atoms with van der Waals surface area (Å²) < 4.78 is 5.20. The molecule has 0 spiro atoms. The second kappa shape index (κ2) is 10.6. The molecule has 0 aliphatic heterocycles. The number of hydrogen-bond donors (Lipinski definition) is 0. The van der Waals surface area contributed by atoms with Gasteiger partial charge in [0, 0.05) is 0 Å². The molecule has 0 aromatic carbocycles. The van der Waals surface area contributed by atoms with E-state index in [1.54, 1.807) is 0 Å². The monoisotopic (exact) mass is 244 g/mol. The summed E-state index contributed by atoms with van der Waals surface area (Å²) in [5.41, 5.74) is -0.176. The lowest BCUT2D eigenvalue weighted by molar-refractivity contribution is -0.158. The maximum Gasteiger partial charge on any atom is 0.312 e. The SMILES string of the molecule is CC.CC(C)OC(=O)C1(C)CCCC1.CCC. The standard InChI is InChI=1S/C10H18O2.C3H8.C2H6/c1-8(2)12-9(11)10(3)6-4-5-7-10;1-3-2;1-2/h8H,4-7H2,1-3H3;3H2,1-2H3;1-2H3. The van der Waals surface area contributed by atoms with E-state index in [9.17, 15) is 4.79 Å². The molecule has 0 aromatic heterocycles. The molecule has 0 radical (unpaired) electrons. The number of esters is 1. The van der Waals surface area contributed by atoms with Crippen LogP contribution in [0.1, 0.15) is 80.6 Å². The van der Waals surface area contributed by atoms with Crippen molar-refractivity contribution in [2.75, 3.05) is 0 Å². The van der Waals surface area contributed by atoms with Crippen molar-refractivity contribution in [3.05, 3.63) is 0 Å². The van der Waals surface area contributed by atoms with Crippen molar-refractivity contribution in [3.8, 4) is 0 Å². The van der Waals surface area contributed by atoms with Crippen LogP contribution in [-0.4, -0.2) is 12.1 Å². The highest BCUT2D eigenvalue weighted by Gasteiger charge is 2.37. The zero-order valence-electron chi connectivity index (χ0n) is 12.9. The Labute approximate surface area is 108 Å². The summed E-state index contributed by atoms with van der Waals surface area (Å²) in [4.78, 5) is 11.6. The van der Waals surface area contributed by atoms with Crippen molar-refractivity contribution in [1.29, 1.82) is 0 Å². The van der Waals surface area contributed by atoms with Crippen LogP contribution in [0.3, 0.4) is 0 Å². The van der Waals surface area contributed by atoms with Crippen molar-refractivity contribution in [1.82, 2.24) is 0 Å². The first-order valence-corrected chi connectivity index (χ1v) is 7.17. The van der Waals surface area contributed by atoms with Crippen LogP contribution < -0.4 is 0 Å². The highest BCUT2D eigenvalue weighted by atomic mass is 16.5. The number of hydrogen-bond acceptors (Lipinski definition) is 2. The molecule has 2 heteroatoms. The van der Waals surface area contributed by atoms with Gasteiger partial charge in [-0.25, -0.2) is 0 Å². The molecule has 0 N–H and O–H groups in total. The lowest BCUT2D eigenvalue weighted by Gasteiger charge is -2.22. The first kappa shape index (κ1) is 18.8. The van der Waals surface area contributed by atoms with Crippen LogP contribution in [0.25, 0.3) is 0 Å². The van der Waals surface area contributed by atoms with Crippen LogP contribution in [0.15, 0.2) is 0 Å². The van der Waals surface area contributed by atoms with E-state index in [-0.39, 0.29) is 17.5 Å². The molecule has 0 bridgehead atoms. The Morgan fingerprint density at radius 3 is 1.82 bits per heavy atom. The summed E-state index contributed by atoms with van der Waals surface area (Å²) >= 11 is 0. The van der Waals surface area contributed by atoms with Gasteiger partial charge in [0.15, 0.2) is 0 Å². The molecular formula is C15H32O2. The maximum atomic E-state index is 11.6. The van der Waals surface area contributed by atoms with Gasteiger partial charge in [-0.15, -0.1) is 0 Å². The van der Waals surface area contributed by atoms with E-state index in [1.807, 2.05) is 34.6 Å². The van der Waals surface area contributed by atoms with Crippen LogP contribution in [0.4, 0.5) is 0 Å². The summed E-state index contributed by atoms with van der Waals surface area (Å²) in [5.74, 6) is -0.00463. The lowest BCUT2D eigenvalue weighted by atomic mass is 9.89. The van der Waals surface area contributed by atoms with Gasteiger partial charge in [-0.05, 0) is 33.6 Å². The van der Waals surface area contributed by atoms with Crippen molar-refractivity contribution in [2.24, 2.45) is 5.41 Å². The van der Waals surface area contributed by atoms with Crippen LogP contribution in [0, 0.1) is 5.41 Å². The third-order valence-electron chi connectivity index (χ3n) is 2.54. The van der Waals surface area contributed by atoms with Gasteiger partial charge < -0.3 is 4.74 Å². The van der Waals surface area contributed by atoms with Crippen LogP contribution in [0.5, 0.6) is 0 Å². The molecule has 1 aliphatic rings. The largest absolute Gasteiger partial charge is 0.463 e. The van der Waals surface area contributed by atoms with Crippen LogP contribution in [-0.2, 0) is 9.53 Å². The van der Waals surface area contributed by atoms with Crippen molar-refractivity contribution in [2.45, 2.75) is 86.7 Å². The third-order valence-corrected chi connectivity index (χ3v) is 2.54. The van der Waals surface area contributed by atoms with E-state index in [0.717, 1.165) is 12.8 Å². The van der Waals surface area contributed by atoms with Crippen LogP contribution in [0.2, 0.25) is 0 Å². The molecular weight excluding hydrogens is 212 g/mol. The van der Waals surface area contributed by atoms with Gasteiger partial charge in [0.05, 0.1) is 11.5 Å². The Morgan fingerprint density at radius 1 is 1.18 bits per heavy atom. The maximum absolute atomic E-state index is 11.6. The molecule has 17 heavy (non-hydrogen) atoms. The molecule has 0 unspecified atom stereocenters. The summed E-state index contributed by atoms with van der Waals surface area (Å²) in [7, 11) is 0. The highest BCUT2D eigenvalue weighted by molar-refractivity contribution is 5.76. The zero-order chi connectivity index (χ0) is 13.9. The molecule has 1 saturated carbocycles. The first-order valence-electron chi connectivity index (χ1n) is 7.17. The molecule has 1 aliphatic carbocycles. The van der Waals surface area contributed by atoms with Crippen molar-refractivity contribution >= 4 is 5.97 Å². The van der Waals surface area contributed by atoms with E-state index >= 15 is 0 Å². The second-order valence-electron chi connectivity index (χ2n) is 4.93. The van der Waals surface area contributed by atoms with Gasteiger partial charge in [-0.2, -0.15) is 0 Å². The van der Waals surface area contributed by atoms with Crippen LogP contribution >= 0.6 is 0 Å². The number of rotatable bonds is 2. The van der Waals surface area contributed by atoms with Crippen molar-refractivity contribution in [3.63, 3.8) is 0 Å². The Hall–Kier alpha value is -0.530. The Morgan fingerprint density at radius 2 is 1.53 bits per heavy atom. The van der Waals surface area contributed by atoms with E-state index < -0.39 is 0 Å². The first-order chi connectivity index (χ1) is 7.96. The van der Waals surface area contributed by atoms with Gasteiger partial charge >= 0.3 is 5.97 Å². The molecule has 104 valence electrons. The Bertz CT molecular complexity index is 179. The fraction of sp³-hybridized carbons (Fsp3) is 0.933. The average molecular weight is 244 g/mol. The summed E-state index contributed by atoms with van der Waals surface area (Å²) in [6.07, 6.45) is 5.61. The number of carbonyl (C=O) groups is 1. The topological polar surface area (TPSA) is 26.3 Å². The van der Waals surface area contributed by atoms with E-state index in [1.165, 1.54) is 19.3 Å².